The van der Waals surface area contributed by atoms with Crippen LogP contribution in [0.25, 0.3) is 0 Å². The molecule has 21 heavy (non-hydrogen) atoms. The maximum Gasteiger partial charge on any atom is 0.319 e. The number of rotatable bonds is 5. The first kappa shape index (κ1) is 15.8. The number of nitrogens with zero attached hydrogens (tertiary/aromatic N) is 1. The minimum Gasteiger partial charge on any atom is -0.335 e. The number of urea groups is 1. The molecule has 1 aromatic carbocycles. The first-order chi connectivity index (χ1) is 10.2. The molecule has 0 bridgehead atoms. The number of carbonyl (C=O) groups excluding carboxylic acids is 1. The number of piperidine rings is 1. The highest BCUT2D eigenvalue weighted by Gasteiger charge is 2.19. The normalized spacial score (nSPS) is 16.7. The predicted molar refractivity (Wildman–Crippen MR) is 86.2 cm³/mol. The van der Waals surface area contributed by atoms with Crippen molar-refractivity contribution in [1.29, 1.82) is 0 Å². The van der Waals surface area contributed by atoms with Crippen molar-refractivity contribution in [1.82, 2.24) is 10.2 Å². The summed E-state index contributed by atoms with van der Waals surface area (Å²) < 4.78 is 0. The van der Waals surface area contributed by atoms with Crippen LogP contribution in [0.4, 0.5) is 10.5 Å². The van der Waals surface area contributed by atoms with Crippen LogP contribution in [0.3, 0.4) is 0 Å². The van der Waals surface area contributed by atoms with Gasteiger partial charge in [0, 0.05) is 31.4 Å². The zero-order valence-electron chi connectivity index (χ0n) is 12.8. The number of likely N-dealkylation sites (tertiary alicyclic amines) is 1. The molecule has 1 aliphatic heterocycles. The molecule has 5 heteroatoms. The monoisotopic (exact) mass is 290 g/mol. The van der Waals surface area contributed by atoms with Crippen molar-refractivity contribution in [2.45, 2.75) is 38.8 Å². The van der Waals surface area contributed by atoms with Crippen molar-refractivity contribution in [3.63, 3.8) is 0 Å². The van der Waals surface area contributed by atoms with E-state index >= 15 is 0 Å². The van der Waals surface area contributed by atoms with Crippen LogP contribution in [0.1, 0.15) is 31.7 Å². The molecule has 2 rings (SSSR count). The molecular weight excluding hydrogens is 264 g/mol. The van der Waals surface area contributed by atoms with Crippen molar-refractivity contribution in [2.24, 2.45) is 5.73 Å². The third-order valence-corrected chi connectivity index (χ3v) is 3.91. The molecule has 0 saturated carbocycles. The molecule has 0 aliphatic carbocycles. The number of hydrogen-bond acceptors (Lipinski definition) is 3. The van der Waals surface area contributed by atoms with Gasteiger partial charge in [0.05, 0.1) is 0 Å². The number of carbonyl (C=O) groups is 1. The second-order valence-corrected chi connectivity index (χ2v) is 5.62. The van der Waals surface area contributed by atoms with Gasteiger partial charge in [-0.25, -0.2) is 4.79 Å². The van der Waals surface area contributed by atoms with Crippen molar-refractivity contribution in [2.75, 3.05) is 25.0 Å². The average Bonchev–Trinajstić information content (AvgIpc) is 2.50. The fraction of sp³-hybridized carbons (Fsp3) is 0.562. The van der Waals surface area contributed by atoms with E-state index in [0.29, 0.717) is 6.54 Å². The first-order valence-electron chi connectivity index (χ1n) is 7.80. The van der Waals surface area contributed by atoms with Gasteiger partial charge in [0.15, 0.2) is 0 Å². The number of amides is 2. The molecule has 1 saturated heterocycles. The van der Waals surface area contributed by atoms with Gasteiger partial charge in [0.2, 0.25) is 0 Å². The number of nitrogens with two attached hydrogens (primary N) is 1. The summed E-state index contributed by atoms with van der Waals surface area (Å²) in [7, 11) is 0. The molecule has 4 N–H and O–H groups in total. The Morgan fingerprint density at radius 1 is 1.29 bits per heavy atom. The Bertz CT molecular complexity index is 438. The summed E-state index contributed by atoms with van der Waals surface area (Å²) in [6.45, 7) is 6.02. The Morgan fingerprint density at radius 2 is 1.95 bits per heavy atom. The molecule has 0 unspecified atom stereocenters. The maximum absolute atomic E-state index is 12.0. The van der Waals surface area contributed by atoms with Gasteiger partial charge in [-0.3, -0.25) is 0 Å². The van der Waals surface area contributed by atoms with Crippen molar-refractivity contribution >= 4 is 11.7 Å². The zero-order valence-corrected chi connectivity index (χ0v) is 12.8. The van der Waals surface area contributed by atoms with E-state index in [1.807, 2.05) is 24.3 Å². The highest BCUT2D eigenvalue weighted by atomic mass is 16.2. The van der Waals surface area contributed by atoms with E-state index in [2.05, 4.69) is 22.5 Å². The average molecular weight is 290 g/mol. The number of anilines is 1. The molecule has 1 aromatic rings. The summed E-state index contributed by atoms with van der Waals surface area (Å²) in [5, 5.41) is 5.93. The van der Waals surface area contributed by atoms with Crippen LogP contribution in [-0.2, 0) is 6.54 Å². The van der Waals surface area contributed by atoms with Crippen molar-refractivity contribution in [3.8, 4) is 0 Å². The Labute approximate surface area is 126 Å². The lowest BCUT2D eigenvalue weighted by Crippen LogP contribution is -2.46. The van der Waals surface area contributed by atoms with Crippen molar-refractivity contribution in [3.05, 3.63) is 29.8 Å². The van der Waals surface area contributed by atoms with E-state index in [-0.39, 0.29) is 12.1 Å². The lowest BCUT2D eigenvalue weighted by Gasteiger charge is -2.32. The minimum absolute atomic E-state index is 0.121. The Kier molecular flexibility index (Phi) is 6.02. The number of hydrogen-bond donors (Lipinski definition) is 3. The van der Waals surface area contributed by atoms with Crippen molar-refractivity contribution < 1.29 is 4.79 Å². The third kappa shape index (κ3) is 5.02. The molecule has 0 atom stereocenters. The van der Waals surface area contributed by atoms with E-state index < -0.39 is 0 Å². The molecule has 2 amide bonds. The lowest BCUT2D eigenvalue weighted by atomic mass is 10.1. The van der Waals surface area contributed by atoms with Crippen LogP contribution in [0.5, 0.6) is 0 Å². The van der Waals surface area contributed by atoms with Gasteiger partial charge >= 0.3 is 6.03 Å². The second-order valence-electron chi connectivity index (χ2n) is 5.62. The first-order valence-corrected chi connectivity index (χ1v) is 7.80. The van der Waals surface area contributed by atoms with Crippen LogP contribution < -0.4 is 16.4 Å². The predicted octanol–water partition coefficient (Wildman–Crippen LogP) is 2.14. The fourth-order valence-corrected chi connectivity index (χ4v) is 2.69. The molecule has 0 radical (unpaired) electrons. The Hall–Kier alpha value is -1.59. The summed E-state index contributed by atoms with van der Waals surface area (Å²) >= 11 is 0. The van der Waals surface area contributed by atoms with Gasteiger partial charge in [-0.15, -0.1) is 0 Å². The Morgan fingerprint density at radius 3 is 2.52 bits per heavy atom. The van der Waals surface area contributed by atoms with Gasteiger partial charge in [-0.05, 0) is 43.5 Å². The van der Waals surface area contributed by atoms with Crippen LogP contribution in [0.15, 0.2) is 24.3 Å². The summed E-state index contributed by atoms with van der Waals surface area (Å²) in [5.74, 6) is 0. The Balaban J connectivity index is 1.74. The van der Waals surface area contributed by atoms with Crippen LogP contribution in [0.2, 0.25) is 0 Å². The molecule has 1 heterocycles. The molecule has 0 spiro atoms. The van der Waals surface area contributed by atoms with E-state index in [9.17, 15) is 4.79 Å². The summed E-state index contributed by atoms with van der Waals surface area (Å²) in [6, 6.07) is 7.78. The van der Waals surface area contributed by atoms with E-state index in [0.717, 1.165) is 43.7 Å². The van der Waals surface area contributed by atoms with Gasteiger partial charge < -0.3 is 21.3 Å². The quantitative estimate of drug-likeness (QED) is 0.778. The van der Waals surface area contributed by atoms with Crippen LogP contribution in [0, 0.1) is 0 Å². The molecular formula is C16H26N4O. The summed E-state index contributed by atoms with van der Waals surface area (Å²) in [4.78, 5) is 14.4. The number of nitrogens with one attached hydrogen (secondary N) is 2. The molecule has 5 nitrogen and oxygen atoms in total. The second kappa shape index (κ2) is 8.00. The number of benzene rings is 1. The van der Waals surface area contributed by atoms with Crippen LogP contribution >= 0.6 is 0 Å². The maximum atomic E-state index is 12.0. The lowest BCUT2D eigenvalue weighted by molar-refractivity contribution is 0.196. The van der Waals surface area contributed by atoms with Gasteiger partial charge in [0.1, 0.15) is 0 Å². The standard InChI is InChI=1S/C16H26N4O/c1-2-9-20-10-7-15(8-11-20)19-16(21)18-14-5-3-13(12-17)4-6-14/h3-6,15H,2,7-12,17H2,1H3,(H2,18,19,21). The summed E-state index contributed by atoms with van der Waals surface area (Å²) in [5.41, 5.74) is 7.41. The van der Waals surface area contributed by atoms with E-state index in [1.54, 1.807) is 0 Å². The van der Waals surface area contributed by atoms with Gasteiger partial charge in [0.25, 0.3) is 0 Å². The van der Waals surface area contributed by atoms with E-state index in [4.69, 9.17) is 5.73 Å². The minimum atomic E-state index is -0.121. The fourth-order valence-electron chi connectivity index (χ4n) is 2.69. The van der Waals surface area contributed by atoms with Gasteiger partial charge in [-0.2, -0.15) is 0 Å². The molecule has 116 valence electrons. The molecule has 1 aliphatic rings. The highest BCUT2D eigenvalue weighted by molar-refractivity contribution is 5.89. The topological polar surface area (TPSA) is 70.4 Å². The highest BCUT2D eigenvalue weighted by Crippen LogP contribution is 2.12. The summed E-state index contributed by atoms with van der Waals surface area (Å²) in [6.07, 6.45) is 3.25. The van der Waals surface area contributed by atoms with Gasteiger partial charge in [-0.1, -0.05) is 19.1 Å². The zero-order chi connectivity index (χ0) is 15.1. The van der Waals surface area contributed by atoms with Crippen LogP contribution in [-0.4, -0.2) is 36.6 Å². The third-order valence-electron chi connectivity index (χ3n) is 3.91. The SMILES string of the molecule is CCCN1CCC(NC(=O)Nc2ccc(CN)cc2)CC1. The largest absolute Gasteiger partial charge is 0.335 e. The van der Waals surface area contributed by atoms with E-state index in [1.165, 1.54) is 6.42 Å². The molecule has 0 aromatic heterocycles. The smallest absolute Gasteiger partial charge is 0.319 e. The molecule has 1 fully saturated rings.